The van der Waals surface area contributed by atoms with Crippen LogP contribution in [-0.4, -0.2) is 36.5 Å². The van der Waals surface area contributed by atoms with Gasteiger partial charge in [-0.1, -0.05) is 48.5 Å². The Balaban J connectivity index is 1.40. The second kappa shape index (κ2) is 8.87. The van der Waals surface area contributed by atoms with E-state index < -0.39 is 0 Å². The van der Waals surface area contributed by atoms with Crippen LogP contribution >= 0.6 is 0 Å². The highest BCUT2D eigenvalue weighted by molar-refractivity contribution is 5.89. The fourth-order valence-electron chi connectivity index (χ4n) is 4.52. The van der Waals surface area contributed by atoms with Gasteiger partial charge >= 0.3 is 0 Å². The van der Waals surface area contributed by atoms with Crippen LogP contribution < -0.4 is 10.2 Å². The summed E-state index contributed by atoms with van der Waals surface area (Å²) in [5, 5.41) is 5.48. The topological polar surface area (TPSA) is 63.9 Å². The highest BCUT2D eigenvalue weighted by Gasteiger charge is 2.20. The number of anilines is 1. The highest BCUT2D eigenvalue weighted by Crippen LogP contribution is 2.31. The lowest BCUT2D eigenvalue weighted by atomic mass is 9.90. The number of rotatable bonds is 7. The average molecular weight is 437 g/mol. The first-order valence-electron chi connectivity index (χ1n) is 11.2. The van der Waals surface area contributed by atoms with E-state index in [0.29, 0.717) is 13.0 Å². The molecule has 2 aromatic heterocycles. The average Bonchev–Trinajstić information content (AvgIpc) is 3.44. The second-order valence-corrected chi connectivity index (χ2v) is 8.67. The molecular formula is C28H28N4O. The van der Waals surface area contributed by atoms with Crippen LogP contribution in [0.15, 0.2) is 85.2 Å². The van der Waals surface area contributed by atoms with Gasteiger partial charge in [-0.15, -0.1) is 0 Å². The predicted molar refractivity (Wildman–Crippen MR) is 136 cm³/mol. The summed E-state index contributed by atoms with van der Waals surface area (Å²) in [6.45, 7) is 0.532. The van der Waals surface area contributed by atoms with Crippen LogP contribution in [0.5, 0.6) is 0 Å². The first-order valence-corrected chi connectivity index (χ1v) is 11.2. The third-order valence-corrected chi connectivity index (χ3v) is 6.34. The Bertz CT molecular complexity index is 1390. The molecule has 3 N–H and O–H groups in total. The number of carbonyl (C=O) groups excluding carboxylic acids is 1. The molecule has 5 aromatic rings. The fraction of sp³-hybridized carbons (Fsp3) is 0.179. The summed E-state index contributed by atoms with van der Waals surface area (Å²) in [7, 11) is 4.08. The monoisotopic (exact) mass is 436 g/mol. The summed E-state index contributed by atoms with van der Waals surface area (Å²) in [4.78, 5) is 21.7. The molecule has 0 saturated heterocycles. The summed E-state index contributed by atoms with van der Waals surface area (Å²) in [5.74, 6) is 0.0683. The Morgan fingerprint density at radius 2 is 1.48 bits per heavy atom. The van der Waals surface area contributed by atoms with Crippen molar-refractivity contribution in [2.45, 2.75) is 12.3 Å². The van der Waals surface area contributed by atoms with E-state index in [4.69, 9.17) is 0 Å². The van der Waals surface area contributed by atoms with Crippen molar-refractivity contribution in [3.05, 3.63) is 102 Å². The second-order valence-electron chi connectivity index (χ2n) is 8.67. The smallest absolute Gasteiger partial charge is 0.224 e. The van der Waals surface area contributed by atoms with E-state index in [2.05, 4.69) is 74.9 Å². The van der Waals surface area contributed by atoms with Crippen molar-refractivity contribution in [2.24, 2.45) is 0 Å². The van der Waals surface area contributed by atoms with Crippen LogP contribution in [0.1, 0.15) is 22.6 Å². The number of aromatic amines is 2. The number of hydrogen-bond donors (Lipinski definition) is 3. The number of benzene rings is 3. The molecule has 0 radical (unpaired) electrons. The highest BCUT2D eigenvalue weighted by atomic mass is 16.1. The maximum absolute atomic E-state index is 12.9. The normalized spacial score (nSPS) is 12.2. The van der Waals surface area contributed by atoms with Gasteiger partial charge in [0.1, 0.15) is 0 Å². The molecule has 5 heteroatoms. The van der Waals surface area contributed by atoms with Crippen LogP contribution in [0.4, 0.5) is 5.69 Å². The quantitative estimate of drug-likeness (QED) is 0.328. The maximum Gasteiger partial charge on any atom is 0.224 e. The van der Waals surface area contributed by atoms with Crippen molar-refractivity contribution in [2.75, 3.05) is 25.5 Å². The molecule has 2 heterocycles. The Morgan fingerprint density at radius 1 is 0.848 bits per heavy atom. The minimum Gasteiger partial charge on any atom is -0.378 e. The molecule has 0 aliphatic heterocycles. The van der Waals surface area contributed by atoms with E-state index in [0.717, 1.165) is 27.7 Å². The lowest BCUT2D eigenvalue weighted by molar-refractivity contribution is -0.120. The lowest BCUT2D eigenvalue weighted by Crippen LogP contribution is -2.30. The van der Waals surface area contributed by atoms with Gasteiger partial charge in [-0.2, -0.15) is 0 Å². The van der Waals surface area contributed by atoms with Crippen LogP contribution in [-0.2, 0) is 11.2 Å². The molecule has 5 rings (SSSR count). The van der Waals surface area contributed by atoms with Crippen molar-refractivity contribution >= 4 is 33.4 Å². The molecule has 5 nitrogen and oxygen atoms in total. The van der Waals surface area contributed by atoms with E-state index in [1.807, 2.05) is 44.6 Å². The van der Waals surface area contributed by atoms with Crippen molar-refractivity contribution in [3.63, 3.8) is 0 Å². The first-order chi connectivity index (χ1) is 16.1. The summed E-state index contributed by atoms with van der Waals surface area (Å²) in [5.41, 5.74) is 6.70. The zero-order valence-corrected chi connectivity index (χ0v) is 18.9. The Hall–Kier alpha value is -3.99. The van der Waals surface area contributed by atoms with Gasteiger partial charge in [0.2, 0.25) is 5.91 Å². The maximum atomic E-state index is 12.9. The van der Waals surface area contributed by atoms with Crippen LogP contribution in [0, 0.1) is 0 Å². The largest absolute Gasteiger partial charge is 0.378 e. The molecule has 0 fully saturated rings. The molecule has 0 bridgehead atoms. The van der Waals surface area contributed by atoms with Crippen LogP contribution in [0.3, 0.4) is 0 Å². The molecule has 1 unspecified atom stereocenters. The molecule has 1 atom stereocenters. The van der Waals surface area contributed by atoms with E-state index in [9.17, 15) is 4.79 Å². The third-order valence-electron chi connectivity index (χ3n) is 6.34. The number of para-hydroxylation sites is 2. The Morgan fingerprint density at radius 3 is 2.21 bits per heavy atom. The fourth-order valence-corrected chi connectivity index (χ4v) is 4.52. The van der Waals surface area contributed by atoms with Gasteiger partial charge in [0, 0.05) is 66.4 Å². The number of fused-ring (bicyclic) bond motifs is 2. The molecule has 0 saturated carbocycles. The molecular weight excluding hydrogens is 408 g/mol. The van der Waals surface area contributed by atoms with Crippen molar-refractivity contribution in [1.29, 1.82) is 0 Å². The van der Waals surface area contributed by atoms with E-state index in [1.165, 1.54) is 16.5 Å². The number of hydrogen-bond acceptors (Lipinski definition) is 2. The predicted octanol–water partition coefficient (Wildman–Crippen LogP) is 5.21. The van der Waals surface area contributed by atoms with Crippen molar-refractivity contribution < 1.29 is 4.79 Å². The number of nitrogens with one attached hydrogen (secondary N) is 3. The molecule has 0 spiro atoms. The standard InChI is InChI=1S/C28H28N4O/c1-32(2)21-13-11-19(12-14-21)24(25-18-30-27-10-6-4-8-23(25)27)17-31-28(33)15-20-16-29-26-9-5-3-7-22(20)26/h3-14,16,18,24,29-30H,15,17H2,1-2H3,(H,31,33). The SMILES string of the molecule is CN(C)c1ccc(C(CNC(=O)Cc2c[nH]c3ccccc23)c2c[nH]c3ccccc23)cc1. The summed E-state index contributed by atoms with van der Waals surface area (Å²) in [6.07, 6.45) is 4.35. The Labute approximate surface area is 193 Å². The number of carbonyl (C=O) groups is 1. The molecule has 33 heavy (non-hydrogen) atoms. The number of aromatic nitrogens is 2. The summed E-state index contributed by atoms with van der Waals surface area (Å²) >= 11 is 0. The molecule has 1 amide bonds. The lowest BCUT2D eigenvalue weighted by Gasteiger charge is -2.20. The first kappa shape index (κ1) is 20.9. The van der Waals surface area contributed by atoms with Gasteiger partial charge < -0.3 is 20.2 Å². The van der Waals surface area contributed by atoms with Crippen molar-refractivity contribution in [3.8, 4) is 0 Å². The third kappa shape index (κ3) is 4.22. The van der Waals surface area contributed by atoms with Gasteiger partial charge in [0.25, 0.3) is 0 Å². The van der Waals surface area contributed by atoms with Gasteiger partial charge in [0.05, 0.1) is 6.42 Å². The molecule has 166 valence electrons. The molecule has 0 aliphatic rings. The molecule has 3 aromatic carbocycles. The van der Waals surface area contributed by atoms with E-state index >= 15 is 0 Å². The van der Waals surface area contributed by atoms with E-state index in [1.54, 1.807) is 0 Å². The number of H-pyrrole nitrogens is 2. The van der Waals surface area contributed by atoms with Crippen LogP contribution in [0.25, 0.3) is 21.8 Å². The zero-order valence-electron chi connectivity index (χ0n) is 18.9. The van der Waals surface area contributed by atoms with Crippen molar-refractivity contribution in [1.82, 2.24) is 15.3 Å². The van der Waals surface area contributed by atoms with Gasteiger partial charge in [-0.25, -0.2) is 0 Å². The van der Waals surface area contributed by atoms with Gasteiger partial charge in [-0.3, -0.25) is 4.79 Å². The van der Waals surface area contributed by atoms with Crippen LogP contribution in [0.2, 0.25) is 0 Å². The minimum atomic E-state index is 0.0227. The number of amides is 1. The summed E-state index contributed by atoms with van der Waals surface area (Å²) < 4.78 is 0. The Kier molecular flexibility index (Phi) is 5.61. The number of nitrogens with zero attached hydrogens (tertiary/aromatic N) is 1. The van der Waals surface area contributed by atoms with Gasteiger partial charge in [0.15, 0.2) is 0 Å². The molecule has 0 aliphatic carbocycles. The van der Waals surface area contributed by atoms with Gasteiger partial charge in [-0.05, 0) is 41.0 Å². The zero-order chi connectivity index (χ0) is 22.8. The minimum absolute atomic E-state index is 0.0227. The van der Waals surface area contributed by atoms with E-state index in [-0.39, 0.29) is 11.8 Å². The summed E-state index contributed by atoms with van der Waals surface area (Å²) in [6, 6.07) is 25.0.